The van der Waals surface area contributed by atoms with Crippen molar-refractivity contribution < 1.29 is 18.0 Å². The van der Waals surface area contributed by atoms with E-state index in [0.29, 0.717) is 48.5 Å². The number of anilines is 1. The molecular weight excluding hydrogens is 465 g/mol. The lowest BCUT2D eigenvalue weighted by atomic mass is 10.1. The van der Waals surface area contributed by atoms with Crippen molar-refractivity contribution >= 4 is 23.4 Å². The Morgan fingerprint density at radius 3 is 2.44 bits per heavy atom. The first-order valence-corrected chi connectivity index (χ1v) is 11.7. The molecule has 4 rings (SSSR count). The van der Waals surface area contributed by atoms with Gasteiger partial charge in [0, 0.05) is 43.7 Å². The molecule has 1 N–H and O–H groups in total. The van der Waals surface area contributed by atoms with Gasteiger partial charge in [0.15, 0.2) is 5.16 Å². The molecular formula is C24H23F3N4O2S. The van der Waals surface area contributed by atoms with Gasteiger partial charge in [-0.1, -0.05) is 48.2 Å². The highest BCUT2D eigenvalue weighted by Gasteiger charge is 2.31. The molecule has 0 atom stereocenters. The Labute approximate surface area is 198 Å². The third-order valence-electron chi connectivity index (χ3n) is 5.49. The fourth-order valence-corrected chi connectivity index (χ4v) is 4.58. The zero-order valence-electron chi connectivity index (χ0n) is 18.2. The molecule has 6 nitrogen and oxygen atoms in total. The number of aromatic nitrogens is 2. The smallest absolute Gasteiger partial charge is 0.368 e. The third-order valence-corrected chi connectivity index (χ3v) is 6.44. The van der Waals surface area contributed by atoms with E-state index in [1.54, 1.807) is 11.0 Å². The zero-order valence-corrected chi connectivity index (χ0v) is 19.0. The SMILES string of the molecule is O=C(Cc1cc(=O)[nH]c(SCc2ccccc2)n1)N1CCN(c2cccc(C(F)(F)F)c2)CC1. The molecule has 1 saturated heterocycles. The quantitative estimate of drug-likeness (QED) is 0.420. The van der Waals surface area contributed by atoms with Crippen LogP contribution in [0, 0.1) is 0 Å². The van der Waals surface area contributed by atoms with Gasteiger partial charge in [-0.3, -0.25) is 9.59 Å². The number of hydrogen-bond donors (Lipinski definition) is 1. The number of halogens is 3. The van der Waals surface area contributed by atoms with Crippen molar-refractivity contribution in [2.75, 3.05) is 31.1 Å². The number of nitrogens with one attached hydrogen (secondary N) is 1. The van der Waals surface area contributed by atoms with Crippen LogP contribution >= 0.6 is 11.8 Å². The number of carbonyl (C=O) groups is 1. The van der Waals surface area contributed by atoms with Gasteiger partial charge in [0.2, 0.25) is 5.91 Å². The molecule has 1 amide bonds. The lowest BCUT2D eigenvalue weighted by molar-refractivity contribution is -0.137. The molecule has 178 valence electrons. The first kappa shape index (κ1) is 23.9. The normalized spacial score (nSPS) is 14.3. The Morgan fingerprint density at radius 2 is 1.74 bits per heavy atom. The van der Waals surface area contributed by atoms with Crippen molar-refractivity contribution in [2.45, 2.75) is 23.5 Å². The highest BCUT2D eigenvalue weighted by Crippen LogP contribution is 2.32. The largest absolute Gasteiger partial charge is 0.416 e. The summed E-state index contributed by atoms with van der Waals surface area (Å²) in [4.78, 5) is 35.5. The second-order valence-electron chi connectivity index (χ2n) is 7.91. The Hall–Kier alpha value is -3.27. The monoisotopic (exact) mass is 488 g/mol. The number of alkyl halides is 3. The fourth-order valence-electron chi connectivity index (χ4n) is 3.73. The van der Waals surface area contributed by atoms with Crippen LogP contribution in [0.15, 0.2) is 70.6 Å². The number of aromatic amines is 1. The summed E-state index contributed by atoms with van der Waals surface area (Å²) in [5, 5.41) is 0.452. The molecule has 1 aromatic heterocycles. The topological polar surface area (TPSA) is 69.3 Å². The summed E-state index contributed by atoms with van der Waals surface area (Å²) in [5.41, 5.74) is 0.964. The van der Waals surface area contributed by atoms with Gasteiger partial charge in [0.25, 0.3) is 5.56 Å². The molecule has 0 spiro atoms. The molecule has 0 bridgehead atoms. The van der Waals surface area contributed by atoms with Crippen molar-refractivity contribution in [2.24, 2.45) is 0 Å². The number of hydrogen-bond acceptors (Lipinski definition) is 5. The molecule has 1 fully saturated rings. The molecule has 0 unspecified atom stereocenters. The summed E-state index contributed by atoms with van der Waals surface area (Å²) in [7, 11) is 0. The predicted molar refractivity (Wildman–Crippen MR) is 125 cm³/mol. The van der Waals surface area contributed by atoms with Crippen LogP contribution in [0.3, 0.4) is 0 Å². The van der Waals surface area contributed by atoms with Crippen LogP contribution in [0.25, 0.3) is 0 Å². The van der Waals surface area contributed by atoms with Gasteiger partial charge in [0.1, 0.15) is 0 Å². The first-order chi connectivity index (χ1) is 16.3. The van der Waals surface area contributed by atoms with E-state index in [0.717, 1.165) is 17.7 Å². The predicted octanol–water partition coefficient (Wildman–Crippen LogP) is 3.97. The van der Waals surface area contributed by atoms with Gasteiger partial charge >= 0.3 is 6.18 Å². The average Bonchev–Trinajstić information content (AvgIpc) is 2.83. The van der Waals surface area contributed by atoms with Crippen LogP contribution in [-0.2, 0) is 23.1 Å². The molecule has 0 aliphatic carbocycles. The van der Waals surface area contributed by atoms with E-state index >= 15 is 0 Å². The van der Waals surface area contributed by atoms with Gasteiger partial charge in [-0.15, -0.1) is 0 Å². The maximum absolute atomic E-state index is 13.0. The van der Waals surface area contributed by atoms with Crippen molar-refractivity contribution in [1.82, 2.24) is 14.9 Å². The summed E-state index contributed by atoms with van der Waals surface area (Å²) in [6.07, 6.45) is -4.40. The molecule has 3 aromatic rings. The van der Waals surface area contributed by atoms with Crippen LogP contribution in [0.2, 0.25) is 0 Å². The highest BCUT2D eigenvalue weighted by molar-refractivity contribution is 7.98. The van der Waals surface area contributed by atoms with Crippen molar-refractivity contribution in [3.63, 3.8) is 0 Å². The van der Waals surface area contributed by atoms with Gasteiger partial charge in [-0.25, -0.2) is 4.98 Å². The van der Waals surface area contributed by atoms with Gasteiger partial charge in [-0.05, 0) is 23.8 Å². The minimum absolute atomic E-state index is 0.00756. The average molecular weight is 489 g/mol. The number of H-pyrrole nitrogens is 1. The van der Waals surface area contributed by atoms with Crippen molar-refractivity contribution in [1.29, 1.82) is 0 Å². The Morgan fingerprint density at radius 1 is 1.00 bits per heavy atom. The first-order valence-electron chi connectivity index (χ1n) is 10.7. The van der Waals surface area contributed by atoms with Gasteiger partial charge in [0.05, 0.1) is 17.7 Å². The maximum atomic E-state index is 13.0. The molecule has 2 aromatic carbocycles. The van der Waals surface area contributed by atoms with E-state index in [-0.39, 0.29) is 17.9 Å². The van der Waals surface area contributed by atoms with E-state index in [1.165, 1.54) is 23.9 Å². The molecule has 34 heavy (non-hydrogen) atoms. The van der Waals surface area contributed by atoms with E-state index in [2.05, 4.69) is 9.97 Å². The molecule has 0 radical (unpaired) electrons. The van der Waals surface area contributed by atoms with Crippen molar-refractivity contribution in [3.05, 3.63) is 87.8 Å². The summed E-state index contributed by atoms with van der Waals surface area (Å²) in [5.74, 6) is 0.472. The molecule has 0 saturated carbocycles. The van der Waals surface area contributed by atoms with E-state index < -0.39 is 11.7 Å². The van der Waals surface area contributed by atoms with E-state index in [9.17, 15) is 22.8 Å². The number of nitrogens with zero attached hydrogens (tertiary/aromatic N) is 3. The van der Waals surface area contributed by atoms with Gasteiger partial charge in [-0.2, -0.15) is 13.2 Å². The molecule has 1 aliphatic heterocycles. The lowest BCUT2D eigenvalue weighted by Crippen LogP contribution is -2.49. The number of thioether (sulfide) groups is 1. The molecule has 10 heteroatoms. The zero-order chi connectivity index (χ0) is 24.1. The Balaban J connectivity index is 1.34. The summed E-state index contributed by atoms with van der Waals surface area (Å²) >= 11 is 1.39. The summed E-state index contributed by atoms with van der Waals surface area (Å²) in [6.45, 7) is 1.61. The van der Waals surface area contributed by atoms with E-state index in [4.69, 9.17) is 0 Å². The van der Waals surface area contributed by atoms with Crippen LogP contribution in [0.4, 0.5) is 18.9 Å². The Bertz CT molecular complexity index is 1190. The lowest BCUT2D eigenvalue weighted by Gasteiger charge is -2.36. The second kappa shape index (κ2) is 10.3. The standard InChI is InChI=1S/C24H23F3N4O2S/c25-24(26,27)18-7-4-8-20(13-18)30-9-11-31(12-10-30)22(33)15-19-14-21(32)29-23(28-19)34-16-17-5-2-1-3-6-17/h1-8,13-14H,9-12,15-16H2,(H,28,29,32). The van der Waals surface area contributed by atoms with Crippen molar-refractivity contribution in [3.8, 4) is 0 Å². The van der Waals surface area contributed by atoms with E-state index in [1.807, 2.05) is 35.2 Å². The highest BCUT2D eigenvalue weighted by atomic mass is 32.2. The summed E-state index contributed by atoms with van der Waals surface area (Å²) in [6, 6.07) is 16.3. The third kappa shape index (κ3) is 6.19. The minimum Gasteiger partial charge on any atom is -0.368 e. The molecule has 1 aliphatic rings. The number of carbonyl (C=O) groups excluding carboxylic acids is 1. The maximum Gasteiger partial charge on any atom is 0.416 e. The second-order valence-corrected chi connectivity index (χ2v) is 8.87. The fraction of sp³-hybridized carbons (Fsp3) is 0.292. The van der Waals surface area contributed by atoms with Gasteiger partial charge < -0.3 is 14.8 Å². The Kier molecular flexibility index (Phi) is 7.26. The van der Waals surface area contributed by atoms with Crippen LogP contribution in [-0.4, -0.2) is 47.0 Å². The van der Waals surface area contributed by atoms with Crippen LogP contribution in [0.1, 0.15) is 16.8 Å². The van der Waals surface area contributed by atoms with Crippen LogP contribution < -0.4 is 10.5 Å². The minimum atomic E-state index is -4.40. The summed E-state index contributed by atoms with van der Waals surface area (Å²) < 4.78 is 39.0. The number of rotatable bonds is 6. The number of benzene rings is 2. The number of amides is 1. The number of piperazine rings is 1. The van der Waals surface area contributed by atoms with Crippen LogP contribution in [0.5, 0.6) is 0 Å². The molecule has 2 heterocycles.